The highest BCUT2D eigenvalue weighted by Crippen LogP contribution is 2.26. The summed E-state index contributed by atoms with van der Waals surface area (Å²) in [7, 11) is 3.23. The maximum atomic E-state index is 9.56. The molecule has 0 fully saturated rings. The zero-order chi connectivity index (χ0) is 14.4. The molecule has 0 heterocycles. The van der Waals surface area contributed by atoms with Crippen molar-refractivity contribution in [2.24, 2.45) is 0 Å². The third-order valence-corrected chi connectivity index (χ3v) is 2.98. The fourth-order valence-corrected chi connectivity index (χ4v) is 1.97. The third-order valence-electron chi connectivity index (χ3n) is 2.98. The molecule has 0 aliphatic rings. The molecule has 0 radical (unpaired) electrons. The van der Waals surface area contributed by atoms with E-state index < -0.39 is 0 Å². The normalized spacial score (nSPS) is 10.3. The zero-order valence-corrected chi connectivity index (χ0v) is 11.7. The smallest absolute Gasteiger partial charge is 0.160 e. The first-order valence-electron chi connectivity index (χ1n) is 6.40. The summed E-state index contributed by atoms with van der Waals surface area (Å²) in [6.45, 7) is 1.26. The van der Waals surface area contributed by atoms with Crippen molar-refractivity contribution < 1.29 is 14.6 Å². The van der Waals surface area contributed by atoms with Gasteiger partial charge >= 0.3 is 0 Å². The molecule has 4 nitrogen and oxygen atoms in total. The lowest BCUT2D eigenvalue weighted by Gasteiger charge is -2.10. The van der Waals surface area contributed by atoms with Gasteiger partial charge in [0.2, 0.25) is 0 Å². The molecule has 20 heavy (non-hydrogen) atoms. The second-order valence-corrected chi connectivity index (χ2v) is 4.49. The summed E-state index contributed by atoms with van der Waals surface area (Å²) in [4.78, 5) is 0. The Bertz CT molecular complexity index is 569. The molecule has 2 aromatic carbocycles. The molecular weight excluding hydrogens is 254 g/mol. The zero-order valence-electron chi connectivity index (χ0n) is 11.7. The van der Waals surface area contributed by atoms with Gasteiger partial charge < -0.3 is 19.9 Å². The molecule has 0 atom stereocenters. The molecule has 0 aromatic heterocycles. The largest absolute Gasteiger partial charge is 0.504 e. The number of rotatable bonds is 6. The van der Waals surface area contributed by atoms with Gasteiger partial charge in [0.1, 0.15) is 0 Å². The van der Waals surface area contributed by atoms with Crippen molar-refractivity contribution in [3.63, 3.8) is 0 Å². The number of aromatic hydroxyl groups is 1. The molecule has 0 saturated carbocycles. The summed E-state index contributed by atoms with van der Waals surface area (Å²) < 4.78 is 10.2. The summed E-state index contributed by atoms with van der Waals surface area (Å²) in [5, 5.41) is 12.9. The first kappa shape index (κ1) is 14.2. The Morgan fingerprint density at radius 2 is 1.90 bits per heavy atom. The van der Waals surface area contributed by atoms with E-state index in [1.807, 2.05) is 30.3 Å². The number of anilines is 1. The summed E-state index contributed by atoms with van der Waals surface area (Å²) in [5.41, 5.74) is 3.20. The second-order valence-electron chi connectivity index (χ2n) is 4.49. The summed E-state index contributed by atoms with van der Waals surface area (Å²) >= 11 is 0. The van der Waals surface area contributed by atoms with Gasteiger partial charge in [-0.3, -0.25) is 0 Å². The molecular formula is C16H19NO3. The first-order chi connectivity index (χ1) is 9.72. The Kier molecular flexibility index (Phi) is 4.85. The fraction of sp³-hybridized carbons (Fsp3) is 0.250. The van der Waals surface area contributed by atoms with E-state index in [9.17, 15) is 5.11 Å². The van der Waals surface area contributed by atoms with Crippen LogP contribution in [0.2, 0.25) is 0 Å². The molecule has 0 saturated heterocycles. The standard InChI is InChI=1S/C16H19NO3/c1-19-11-13-4-3-5-14(8-13)17-10-12-6-7-15(18)16(9-12)20-2/h3-9,17-18H,10-11H2,1-2H3. The minimum Gasteiger partial charge on any atom is -0.504 e. The van der Waals surface area contributed by atoms with Crippen LogP contribution in [0.5, 0.6) is 11.5 Å². The van der Waals surface area contributed by atoms with Gasteiger partial charge in [0.15, 0.2) is 11.5 Å². The lowest BCUT2D eigenvalue weighted by Crippen LogP contribution is -2.00. The number of phenolic OH excluding ortho intramolecular Hbond substituents is 1. The van der Waals surface area contributed by atoms with Crippen LogP contribution in [0.4, 0.5) is 5.69 Å². The van der Waals surface area contributed by atoms with Crippen LogP contribution < -0.4 is 10.1 Å². The SMILES string of the molecule is COCc1cccc(NCc2ccc(O)c(OC)c2)c1. The number of nitrogens with one attached hydrogen (secondary N) is 1. The van der Waals surface area contributed by atoms with E-state index in [0.29, 0.717) is 18.9 Å². The molecule has 0 amide bonds. The van der Waals surface area contributed by atoms with Crippen molar-refractivity contribution in [3.8, 4) is 11.5 Å². The molecule has 0 spiro atoms. The second kappa shape index (κ2) is 6.82. The van der Waals surface area contributed by atoms with E-state index in [-0.39, 0.29) is 5.75 Å². The van der Waals surface area contributed by atoms with Crippen LogP contribution in [0.15, 0.2) is 42.5 Å². The van der Waals surface area contributed by atoms with Crippen molar-refractivity contribution in [2.75, 3.05) is 19.5 Å². The molecule has 106 valence electrons. The van der Waals surface area contributed by atoms with E-state index in [1.54, 1.807) is 20.3 Å². The molecule has 2 rings (SSSR count). The maximum Gasteiger partial charge on any atom is 0.160 e. The van der Waals surface area contributed by atoms with Crippen LogP contribution in [-0.4, -0.2) is 19.3 Å². The Morgan fingerprint density at radius 1 is 1.05 bits per heavy atom. The van der Waals surface area contributed by atoms with Crippen molar-refractivity contribution in [1.82, 2.24) is 0 Å². The Labute approximate surface area is 119 Å². The fourth-order valence-electron chi connectivity index (χ4n) is 1.97. The van der Waals surface area contributed by atoms with Crippen LogP contribution in [0, 0.1) is 0 Å². The van der Waals surface area contributed by atoms with E-state index in [2.05, 4.69) is 11.4 Å². The highest BCUT2D eigenvalue weighted by atomic mass is 16.5. The van der Waals surface area contributed by atoms with Gasteiger partial charge in [-0.1, -0.05) is 18.2 Å². The summed E-state index contributed by atoms with van der Waals surface area (Å²) in [6.07, 6.45) is 0. The lowest BCUT2D eigenvalue weighted by atomic mass is 10.1. The topological polar surface area (TPSA) is 50.7 Å². The predicted octanol–water partition coefficient (Wildman–Crippen LogP) is 3.16. The highest BCUT2D eigenvalue weighted by Gasteiger charge is 2.03. The number of benzene rings is 2. The van der Waals surface area contributed by atoms with Crippen molar-refractivity contribution >= 4 is 5.69 Å². The first-order valence-corrected chi connectivity index (χ1v) is 6.40. The minimum absolute atomic E-state index is 0.151. The predicted molar refractivity (Wildman–Crippen MR) is 79.1 cm³/mol. The molecule has 0 aliphatic carbocycles. The quantitative estimate of drug-likeness (QED) is 0.849. The van der Waals surface area contributed by atoms with Gasteiger partial charge in [0.25, 0.3) is 0 Å². The number of methoxy groups -OCH3 is 2. The van der Waals surface area contributed by atoms with Crippen molar-refractivity contribution in [1.29, 1.82) is 0 Å². The van der Waals surface area contributed by atoms with E-state index in [1.165, 1.54) is 0 Å². The average molecular weight is 273 g/mol. The van der Waals surface area contributed by atoms with Gasteiger partial charge in [0.05, 0.1) is 13.7 Å². The molecule has 0 unspecified atom stereocenters. The van der Waals surface area contributed by atoms with Gasteiger partial charge in [0, 0.05) is 19.3 Å². The van der Waals surface area contributed by atoms with Gasteiger partial charge in [-0.05, 0) is 35.4 Å². The van der Waals surface area contributed by atoms with Crippen LogP contribution in [0.1, 0.15) is 11.1 Å². The number of phenols is 1. The summed E-state index contributed by atoms with van der Waals surface area (Å²) in [5.74, 6) is 0.635. The van der Waals surface area contributed by atoms with E-state index in [0.717, 1.165) is 16.8 Å². The lowest BCUT2D eigenvalue weighted by molar-refractivity contribution is 0.185. The summed E-state index contributed by atoms with van der Waals surface area (Å²) in [6, 6.07) is 13.4. The van der Waals surface area contributed by atoms with Gasteiger partial charge in [-0.25, -0.2) is 0 Å². The van der Waals surface area contributed by atoms with Crippen molar-refractivity contribution in [2.45, 2.75) is 13.2 Å². The molecule has 2 N–H and O–H groups in total. The van der Waals surface area contributed by atoms with Crippen LogP contribution in [-0.2, 0) is 17.9 Å². The van der Waals surface area contributed by atoms with Crippen LogP contribution in [0.3, 0.4) is 0 Å². The third kappa shape index (κ3) is 3.65. The number of hydrogen-bond acceptors (Lipinski definition) is 4. The molecule has 4 heteroatoms. The molecule has 2 aromatic rings. The Hall–Kier alpha value is -2.20. The monoisotopic (exact) mass is 273 g/mol. The average Bonchev–Trinajstić information content (AvgIpc) is 2.47. The van der Waals surface area contributed by atoms with Crippen LogP contribution >= 0.6 is 0 Å². The molecule has 0 bridgehead atoms. The Morgan fingerprint density at radius 3 is 2.65 bits per heavy atom. The van der Waals surface area contributed by atoms with E-state index >= 15 is 0 Å². The van der Waals surface area contributed by atoms with Crippen molar-refractivity contribution in [3.05, 3.63) is 53.6 Å². The number of hydrogen-bond donors (Lipinski definition) is 2. The molecule has 0 aliphatic heterocycles. The maximum absolute atomic E-state index is 9.56. The van der Waals surface area contributed by atoms with Crippen LogP contribution in [0.25, 0.3) is 0 Å². The number of ether oxygens (including phenoxy) is 2. The highest BCUT2D eigenvalue weighted by molar-refractivity contribution is 5.47. The van der Waals surface area contributed by atoms with Gasteiger partial charge in [-0.15, -0.1) is 0 Å². The minimum atomic E-state index is 0.151. The van der Waals surface area contributed by atoms with E-state index in [4.69, 9.17) is 9.47 Å². The van der Waals surface area contributed by atoms with Gasteiger partial charge in [-0.2, -0.15) is 0 Å². The Balaban J connectivity index is 2.03.